The van der Waals surface area contributed by atoms with E-state index in [-0.39, 0.29) is 17.7 Å². The molecule has 5 heteroatoms. The van der Waals surface area contributed by atoms with Crippen molar-refractivity contribution in [1.29, 1.82) is 0 Å². The van der Waals surface area contributed by atoms with Gasteiger partial charge in [0.1, 0.15) is 5.78 Å². The molecule has 1 aliphatic carbocycles. The number of rotatable bonds is 1. The van der Waals surface area contributed by atoms with Crippen molar-refractivity contribution in [3.05, 3.63) is 21.4 Å². The zero-order valence-electron chi connectivity index (χ0n) is 12.1. The van der Waals surface area contributed by atoms with Crippen LogP contribution in [0.25, 0.3) is 0 Å². The Labute approximate surface area is 128 Å². The van der Waals surface area contributed by atoms with Crippen LogP contribution in [0.1, 0.15) is 33.5 Å². The van der Waals surface area contributed by atoms with E-state index in [0.717, 1.165) is 30.9 Å². The third kappa shape index (κ3) is 2.14. The first kappa shape index (κ1) is 13.5. The normalized spacial score (nSPS) is 31.4. The molecule has 1 aromatic heterocycles. The van der Waals surface area contributed by atoms with Crippen LogP contribution in [-0.2, 0) is 22.6 Å². The van der Waals surface area contributed by atoms with E-state index in [1.807, 2.05) is 17.9 Å². The molecule has 0 radical (unpaired) electrons. The smallest absolute Gasteiger partial charge is 0.263 e. The predicted molar refractivity (Wildman–Crippen MR) is 79.4 cm³/mol. The topological polar surface area (TPSA) is 46.6 Å². The minimum Gasteiger partial charge on any atom is -0.376 e. The van der Waals surface area contributed by atoms with Crippen LogP contribution < -0.4 is 0 Å². The second kappa shape index (κ2) is 4.92. The minimum atomic E-state index is 0.0851. The number of nitrogens with zero attached hydrogens (tertiary/aromatic N) is 1. The van der Waals surface area contributed by atoms with Crippen LogP contribution in [-0.4, -0.2) is 36.3 Å². The molecule has 2 fully saturated rings. The van der Waals surface area contributed by atoms with E-state index in [1.165, 1.54) is 10.4 Å². The standard InChI is InChI=1S/C16H19NO3S/c1-9-4-10-6-17(7-12(10)15(9)18)16(19)14-5-11-8-20-3-2-13(11)21-14/h5,9-10,12H,2-4,6-8H2,1H3/t9?,10-,12?/m0/s1. The average Bonchev–Trinajstić information content (AvgIpc) is 3.14. The molecular weight excluding hydrogens is 286 g/mol. The second-order valence-electron chi connectivity index (χ2n) is 6.48. The van der Waals surface area contributed by atoms with Gasteiger partial charge >= 0.3 is 0 Å². The van der Waals surface area contributed by atoms with Gasteiger partial charge in [-0.15, -0.1) is 11.3 Å². The summed E-state index contributed by atoms with van der Waals surface area (Å²) in [5.41, 5.74) is 1.17. The highest BCUT2D eigenvalue weighted by Gasteiger charge is 2.46. The first-order valence-corrected chi connectivity index (χ1v) is 8.47. The number of hydrogen-bond acceptors (Lipinski definition) is 4. The second-order valence-corrected chi connectivity index (χ2v) is 7.61. The Kier molecular flexibility index (Phi) is 3.15. The molecule has 0 N–H and O–H groups in total. The van der Waals surface area contributed by atoms with Crippen LogP contribution >= 0.6 is 11.3 Å². The largest absolute Gasteiger partial charge is 0.376 e. The van der Waals surface area contributed by atoms with Crippen LogP contribution in [0.3, 0.4) is 0 Å². The van der Waals surface area contributed by atoms with Crippen LogP contribution in [0.5, 0.6) is 0 Å². The summed E-state index contributed by atoms with van der Waals surface area (Å²) in [5.74, 6) is 1.11. The number of likely N-dealkylation sites (tertiary alicyclic amines) is 1. The van der Waals surface area contributed by atoms with Crippen LogP contribution in [0.4, 0.5) is 0 Å². The molecule has 2 unspecified atom stereocenters. The van der Waals surface area contributed by atoms with Gasteiger partial charge in [-0.25, -0.2) is 0 Å². The summed E-state index contributed by atoms with van der Waals surface area (Å²) in [7, 11) is 0. The lowest BCUT2D eigenvalue weighted by Gasteiger charge is -2.17. The highest BCUT2D eigenvalue weighted by Crippen LogP contribution is 2.39. The van der Waals surface area contributed by atoms with Crippen molar-refractivity contribution in [3.8, 4) is 0 Å². The Hall–Kier alpha value is -1.20. The van der Waals surface area contributed by atoms with Gasteiger partial charge in [0, 0.05) is 36.2 Å². The highest BCUT2D eigenvalue weighted by molar-refractivity contribution is 7.14. The van der Waals surface area contributed by atoms with Crippen molar-refractivity contribution in [1.82, 2.24) is 4.90 Å². The van der Waals surface area contributed by atoms with E-state index < -0.39 is 0 Å². The molecule has 0 aromatic carbocycles. The van der Waals surface area contributed by atoms with E-state index >= 15 is 0 Å². The van der Waals surface area contributed by atoms with Crippen LogP contribution in [0.2, 0.25) is 0 Å². The van der Waals surface area contributed by atoms with Crippen molar-refractivity contribution in [2.45, 2.75) is 26.4 Å². The van der Waals surface area contributed by atoms with E-state index in [2.05, 4.69) is 0 Å². The van der Waals surface area contributed by atoms with Crippen molar-refractivity contribution in [2.75, 3.05) is 19.7 Å². The Morgan fingerprint density at radius 1 is 1.43 bits per heavy atom. The van der Waals surface area contributed by atoms with E-state index in [4.69, 9.17) is 4.74 Å². The summed E-state index contributed by atoms with van der Waals surface area (Å²) in [4.78, 5) is 28.8. The van der Waals surface area contributed by atoms with Gasteiger partial charge in [0.15, 0.2) is 0 Å². The Morgan fingerprint density at radius 3 is 3.05 bits per heavy atom. The number of amides is 1. The number of carbonyl (C=O) groups is 2. The molecule has 2 aliphatic heterocycles. The van der Waals surface area contributed by atoms with Crippen LogP contribution in [0, 0.1) is 17.8 Å². The Balaban J connectivity index is 1.51. The minimum absolute atomic E-state index is 0.0851. The lowest BCUT2D eigenvalue weighted by Crippen LogP contribution is -2.30. The first-order valence-electron chi connectivity index (χ1n) is 7.66. The monoisotopic (exact) mass is 305 g/mol. The summed E-state index contributed by atoms with van der Waals surface area (Å²) < 4.78 is 5.44. The molecule has 0 spiro atoms. The number of hydrogen-bond donors (Lipinski definition) is 0. The predicted octanol–water partition coefficient (Wildman–Crippen LogP) is 2.12. The number of Topliss-reactive ketones (excluding diaryl/α,β-unsaturated/α-hetero) is 1. The number of ether oxygens (including phenoxy) is 1. The summed E-state index contributed by atoms with van der Waals surface area (Å²) in [5, 5.41) is 0. The molecule has 1 aromatic rings. The molecule has 21 heavy (non-hydrogen) atoms. The third-order valence-electron chi connectivity index (χ3n) is 5.07. The molecule has 1 saturated carbocycles. The zero-order chi connectivity index (χ0) is 14.6. The molecule has 1 amide bonds. The van der Waals surface area contributed by atoms with Gasteiger partial charge < -0.3 is 9.64 Å². The fourth-order valence-electron chi connectivity index (χ4n) is 3.94. The molecule has 112 valence electrons. The van der Waals surface area contributed by atoms with Crippen LogP contribution in [0.15, 0.2) is 6.07 Å². The molecule has 0 bridgehead atoms. The molecule has 4 nitrogen and oxygen atoms in total. The molecule has 4 rings (SSSR count). The molecular formula is C16H19NO3S. The first-order chi connectivity index (χ1) is 10.1. The van der Waals surface area contributed by atoms with Gasteiger partial charge in [-0.3, -0.25) is 9.59 Å². The maximum Gasteiger partial charge on any atom is 0.263 e. The summed E-state index contributed by atoms with van der Waals surface area (Å²) in [6.07, 6.45) is 1.86. The summed E-state index contributed by atoms with van der Waals surface area (Å²) >= 11 is 1.60. The van der Waals surface area contributed by atoms with Gasteiger partial charge in [-0.1, -0.05) is 6.92 Å². The van der Waals surface area contributed by atoms with Gasteiger partial charge in [0.2, 0.25) is 0 Å². The van der Waals surface area contributed by atoms with Gasteiger partial charge in [0.25, 0.3) is 5.91 Å². The molecule has 3 heterocycles. The van der Waals surface area contributed by atoms with E-state index in [0.29, 0.717) is 24.9 Å². The summed E-state index contributed by atoms with van der Waals surface area (Å²) in [6.45, 7) is 4.76. The molecule has 3 aliphatic rings. The SMILES string of the molecule is CC1C[C@H]2CN(C(=O)c3cc4c(s3)CCOC4)CC2C1=O. The average molecular weight is 305 g/mol. The highest BCUT2D eigenvalue weighted by atomic mass is 32.1. The number of thiophene rings is 1. The maximum atomic E-state index is 12.7. The fourth-order valence-corrected chi connectivity index (χ4v) is 5.06. The van der Waals surface area contributed by atoms with Gasteiger partial charge in [-0.2, -0.15) is 0 Å². The zero-order valence-corrected chi connectivity index (χ0v) is 12.9. The summed E-state index contributed by atoms with van der Waals surface area (Å²) in [6, 6.07) is 1.99. The quantitative estimate of drug-likeness (QED) is 0.798. The van der Waals surface area contributed by atoms with E-state index in [9.17, 15) is 9.59 Å². The molecule has 1 saturated heterocycles. The Bertz CT molecular complexity index is 585. The third-order valence-corrected chi connectivity index (χ3v) is 6.30. The Morgan fingerprint density at radius 2 is 2.29 bits per heavy atom. The lowest BCUT2D eigenvalue weighted by molar-refractivity contribution is -0.123. The van der Waals surface area contributed by atoms with Crippen molar-refractivity contribution in [2.24, 2.45) is 17.8 Å². The number of ketones is 1. The number of carbonyl (C=O) groups excluding carboxylic acids is 2. The lowest BCUT2D eigenvalue weighted by atomic mass is 10.0. The van der Waals surface area contributed by atoms with E-state index in [1.54, 1.807) is 11.3 Å². The van der Waals surface area contributed by atoms with Crippen molar-refractivity contribution < 1.29 is 14.3 Å². The van der Waals surface area contributed by atoms with Crippen molar-refractivity contribution >= 4 is 23.0 Å². The van der Waals surface area contributed by atoms with Crippen molar-refractivity contribution in [3.63, 3.8) is 0 Å². The van der Waals surface area contributed by atoms with Gasteiger partial charge in [0.05, 0.1) is 18.1 Å². The number of fused-ring (bicyclic) bond motifs is 2. The molecule has 3 atom stereocenters. The van der Waals surface area contributed by atoms with Gasteiger partial charge in [-0.05, 0) is 24.0 Å². The fraction of sp³-hybridized carbons (Fsp3) is 0.625. The maximum absolute atomic E-state index is 12.7.